The van der Waals surface area contributed by atoms with Gasteiger partial charge in [-0.05, 0) is 44.2 Å². The Morgan fingerprint density at radius 1 is 1.23 bits per heavy atom. The van der Waals surface area contributed by atoms with Gasteiger partial charge < -0.3 is 19.9 Å². The average molecular weight is 365 g/mol. The molecule has 0 spiro atoms. The van der Waals surface area contributed by atoms with Crippen LogP contribution in [0.15, 0.2) is 24.3 Å². The number of carbonyl (C=O) groups excluding carboxylic acids is 1. The number of amides is 1. The standard InChI is InChI=1S/C20H31NO5/c1-6-14(2)10-15-8-7-9-16(11-15)12-25-19(24)21-17(18(22)23)13-26-20(3,4)5/h7-9,11,14,17H,6,10,12-13H2,1-5H3,(H,21,24)(H,22,23). The molecule has 6 heteroatoms. The van der Waals surface area contributed by atoms with Crippen molar-refractivity contribution in [3.05, 3.63) is 35.4 Å². The molecule has 0 aliphatic rings. The van der Waals surface area contributed by atoms with Crippen molar-refractivity contribution in [3.63, 3.8) is 0 Å². The minimum atomic E-state index is -1.17. The Morgan fingerprint density at radius 2 is 1.88 bits per heavy atom. The van der Waals surface area contributed by atoms with Gasteiger partial charge in [-0.3, -0.25) is 0 Å². The van der Waals surface area contributed by atoms with E-state index < -0.39 is 23.7 Å². The van der Waals surface area contributed by atoms with Gasteiger partial charge in [0.1, 0.15) is 6.61 Å². The van der Waals surface area contributed by atoms with Crippen LogP contribution in [-0.4, -0.2) is 35.4 Å². The van der Waals surface area contributed by atoms with E-state index in [0.717, 1.165) is 18.4 Å². The summed E-state index contributed by atoms with van der Waals surface area (Å²) in [5, 5.41) is 11.5. The molecule has 26 heavy (non-hydrogen) atoms. The number of benzene rings is 1. The van der Waals surface area contributed by atoms with E-state index in [1.54, 1.807) is 0 Å². The van der Waals surface area contributed by atoms with Crippen LogP contribution in [0.25, 0.3) is 0 Å². The summed E-state index contributed by atoms with van der Waals surface area (Å²) in [5.74, 6) is -0.574. The van der Waals surface area contributed by atoms with Gasteiger partial charge in [-0.25, -0.2) is 9.59 Å². The van der Waals surface area contributed by atoms with Gasteiger partial charge in [0.05, 0.1) is 12.2 Å². The molecule has 1 rings (SSSR count). The Labute approximate surface area is 155 Å². The van der Waals surface area contributed by atoms with Crippen LogP contribution < -0.4 is 5.32 Å². The zero-order valence-corrected chi connectivity index (χ0v) is 16.4. The highest BCUT2D eigenvalue weighted by Crippen LogP contribution is 2.14. The molecular weight excluding hydrogens is 334 g/mol. The number of carboxylic acid groups (broad SMARTS) is 1. The number of rotatable bonds is 9. The van der Waals surface area contributed by atoms with E-state index in [0.29, 0.717) is 5.92 Å². The summed E-state index contributed by atoms with van der Waals surface area (Å²) >= 11 is 0. The number of alkyl carbamates (subject to hydrolysis) is 1. The molecule has 0 bridgehead atoms. The van der Waals surface area contributed by atoms with Crippen molar-refractivity contribution >= 4 is 12.1 Å². The fourth-order valence-corrected chi connectivity index (χ4v) is 2.23. The molecule has 0 saturated heterocycles. The molecule has 0 radical (unpaired) electrons. The molecule has 0 aliphatic heterocycles. The number of hydrogen-bond acceptors (Lipinski definition) is 4. The predicted octanol–water partition coefficient (Wildman–Crippen LogP) is 3.77. The third-order valence-corrected chi connectivity index (χ3v) is 3.92. The largest absolute Gasteiger partial charge is 0.480 e. The Hall–Kier alpha value is -2.08. The Bertz CT molecular complexity index is 594. The van der Waals surface area contributed by atoms with Crippen LogP contribution >= 0.6 is 0 Å². The summed E-state index contributed by atoms with van der Waals surface area (Å²) in [6.07, 6.45) is 1.31. The normalized spacial score (nSPS) is 13.7. The van der Waals surface area contributed by atoms with Gasteiger partial charge in [-0.1, -0.05) is 44.5 Å². The van der Waals surface area contributed by atoms with E-state index >= 15 is 0 Å². The van der Waals surface area contributed by atoms with Gasteiger partial charge in [0.15, 0.2) is 6.04 Å². The summed E-state index contributed by atoms with van der Waals surface area (Å²) in [7, 11) is 0. The summed E-state index contributed by atoms with van der Waals surface area (Å²) in [4.78, 5) is 23.2. The second kappa shape index (κ2) is 10.2. The third-order valence-electron chi connectivity index (χ3n) is 3.92. The third kappa shape index (κ3) is 8.85. The van der Waals surface area contributed by atoms with Crippen LogP contribution in [-0.2, 0) is 27.3 Å². The SMILES string of the molecule is CCC(C)Cc1cccc(COC(=O)NC(COC(C)(C)C)C(=O)O)c1. The fourth-order valence-electron chi connectivity index (χ4n) is 2.23. The van der Waals surface area contributed by atoms with Crippen LogP contribution in [0, 0.1) is 5.92 Å². The monoisotopic (exact) mass is 365 g/mol. The number of nitrogens with one attached hydrogen (secondary N) is 1. The van der Waals surface area contributed by atoms with E-state index in [-0.39, 0.29) is 13.2 Å². The van der Waals surface area contributed by atoms with Gasteiger partial charge >= 0.3 is 12.1 Å². The first-order valence-electron chi connectivity index (χ1n) is 8.98. The minimum absolute atomic E-state index is 0.0899. The van der Waals surface area contributed by atoms with Gasteiger partial charge in [0.25, 0.3) is 0 Å². The first kappa shape index (κ1) is 22.0. The highest BCUT2D eigenvalue weighted by molar-refractivity contribution is 5.80. The average Bonchev–Trinajstić information content (AvgIpc) is 2.55. The molecule has 2 N–H and O–H groups in total. The number of carbonyl (C=O) groups is 2. The van der Waals surface area contributed by atoms with Gasteiger partial charge in [-0.2, -0.15) is 0 Å². The Kier molecular flexibility index (Phi) is 8.58. The van der Waals surface area contributed by atoms with Crippen LogP contribution in [0.3, 0.4) is 0 Å². The molecule has 0 heterocycles. The quantitative estimate of drug-likeness (QED) is 0.696. The Morgan fingerprint density at radius 3 is 2.46 bits per heavy atom. The van der Waals surface area contributed by atoms with Crippen molar-refractivity contribution in [2.45, 2.75) is 65.7 Å². The van der Waals surface area contributed by atoms with Crippen LogP contribution in [0.1, 0.15) is 52.2 Å². The predicted molar refractivity (Wildman–Crippen MR) is 100 cm³/mol. The molecule has 2 atom stereocenters. The van der Waals surface area contributed by atoms with Crippen molar-refractivity contribution in [2.75, 3.05) is 6.61 Å². The van der Waals surface area contributed by atoms with Gasteiger partial charge in [0, 0.05) is 0 Å². The lowest BCUT2D eigenvalue weighted by atomic mass is 9.98. The van der Waals surface area contributed by atoms with Crippen LogP contribution in [0.5, 0.6) is 0 Å². The van der Waals surface area contributed by atoms with E-state index in [4.69, 9.17) is 9.47 Å². The maximum absolute atomic E-state index is 11.9. The van der Waals surface area contributed by atoms with Gasteiger partial charge in [-0.15, -0.1) is 0 Å². The molecule has 0 fully saturated rings. The molecule has 0 aliphatic carbocycles. The van der Waals surface area contributed by atoms with Crippen molar-refractivity contribution in [1.29, 1.82) is 0 Å². The second-order valence-corrected chi connectivity index (χ2v) is 7.57. The van der Waals surface area contributed by atoms with E-state index in [1.807, 2.05) is 39.0 Å². The first-order chi connectivity index (χ1) is 12.1. The molecule has 0 aromatic heterocycles. The van der Waals surface area contributed by atoms with Crippen LogP contribution in [0.4, 0.5) is 4.79 Å². The molecule has 146 valence electrons. The summed E-state index contributed by atoms with van der Waals surface area (Å²) in [6, 6.07) is 6.73. The maximum atomic E-state index is 11.9. The van der Waals surface area contributed by atoms with E-state index in [9.17, 15) is 14.7 Å². The highest BCUT2D eigenvalue weighted by Gasteiger charge is 2.23. The minimum Gasteiger partial charge on any atom is -0.480 e. The summed E-state index contributed by atoms with van der Waals surface area (Å²) < 4.78 is 10.6. The number of ether oxygens (including phenoxy) is 2. The molecular formula is C20H31NO5. The lowest BCUT2D eigenvalue weighted by molar-refractivity contribution is -0.142. The summed E-state index contributed by atoms with van der Waals surface area (Å²) in [6.45, 7) is 9.77. The topological polar surface area (TPSA) is 84.9 Å². The molecule has 6 nitrogen and oxygen atoms in total. The lowest BCUT2D eigenvalue weighted by Gasteiger charge is -2.22. The maximum Gasteiger partial charge on any atom is 0.408 e. The van der Waals surface area contributed by atoms with E-state index in [1.165, 1.54) is 5.56 Å². The van der Waals surface area contributed by atoms with Gasteiger partial charge in [0.2, 0.25) is 0 Å². The van der Waals surface area contributed by atoms with Crippen molar-refractivity contribution < 1.29 is 24.2 Å². The zero-order valence-electron chi connectivity index (χ0n) is 16.4. The molecule has 1 amide bonds. The number of aliphatic carboxylic acids is 1. The summed E-state index contributed by atoms with van der Waals surface area (Å²) in [5.41, 5.74) is 1.58. The molecule has 2 unspecified atom stereocenters. The number of carboxylic acids is 1. The van der Waals surface area contributed by atoms with Crippen molar-refractivity contribution in [3.8, 4) is 0 Å². The smallest absolute Gasteiger partial charge is 0.408 e. The zero-order chi connectivity index (χ0) is 19.7. The second-order valence-electron chi connectivity index (χ2n) is 7.57. The van der Waals surface area contributed by atoms with Crippen molar-refractivity contribution in [2.24, 2.45) is 5.92 Å². The van der Waals surface area contributed by atoms with Crippen molar-refractivity contribution in [1.82, 2.24) is 5.32 Å². The molecule has 1 aromatic rings. The number of hydrogen-bond donors (Lipinski definition) is 2. The first-order valence-corrected chi connectivity index (χ1v) is 8.98. The molecule has 1 aromatic carbocycles. The van der Waals surface area contributed by atoms with E-state index in [2.05, 4.69) is 25.2 Å². The Balaban J connectivity index is 2.54. The molecule has 0 saturated carbocycles. The fraction of sp³-hybridized carbons (Fsp3) is 0.600. The van der Waals surface area contributed by atoms with Crippen LogP contribution in [0.2, 0.25) is 0 Å². The lowest BCUT2D eigenvalue weighted by Crippen LogP contribution is -2.45. The highest BCUT2D eigenvalue weighted by atomic mass is 16.5.